The fourth-order valence-electron chi connectivity index (χ4n) is 2.95. The van der Waals surface area contributed by atoms with Crippen LogP contribution < -0.4 is 10.1 Å². The van der Waals surface area contributed by atoms with Gasteiger partial charge in [-0.1, -0.05) is 38.3 Å². The van der Waals surface area contributed by atoms with Gasteiger partial charge in [-0.15, -0.1) is 0 Å². The Morgan fingerprint density at radius 2 is 1.87 bits per heavy atom. The summed E-state index contributed by atoms with van der Waals surface area (Å²) in [5.74, 6) is 0.643. The normalized spacial score (nSPS) is 10.5. The number of amides is 2. The standard InChI is InChI=1S/C24H31BrN2O3/c1-4-5-6-7-15-30-22-13-12-19(17-21(22)25)24(29)26-20-10-8-9-18(16-20)11-14-23(28)27(2)3/h8-10,12-13,16-17H,4-7,11,14-15H2,1-3H3,(H,26,29). The fourth-order valence-corrected chi connectivity index (χ4v) is 3.45. The molecule has 6 heteroatoms. The first-order valence-corrected chi connectivity index (χ1v) is 11.2. The molecule has 2 aromatic carbocycles. The lowest BCUT2D eigenvalue weighted by atomic mass is 10.1. The number of unbranched alkanes of at least 4 members (excludes halogenated alkanes) is 3. The molecule has 5 nitrogen and oxygen atoms in total. The van der Waals surface area contributed by atoms with E-state index in [9.17, 15) is 9.59 Å². The first kappa shape index (κ1) is 23.9. The maximum absolute atomic E-state index is 12.6. The molecule has 0 aliphatic carbocycles. The third kappa shape index (κ3) is 7.82. The van der Waals surface area contributed by atoms with Crippen molar-refractivity contribution in [2.45, 2.75) is 45.4 Å². The zero-order valence-corrected chi connectivity index (χ0v) is 19.6. The first-order chi connectivity index (χ1) is 14.4. The second kappa shape index (κ2) is 12.4. The van der Waals surface area contributed by atoms with E-state index >= 15 is 0 Å². The second-order valence-corrected chi connectivity index (χ2v) is 8.35. The summed E-state index contributed by atoms with van der Waals surface area (Å²) in [6.45, 7) is 2.86. The van der Waals surface area contributed by atoms with Gasteiger partial charge in [-0.2, -0.15) is 0 Å². The second-order valence-electron chi connectivity index (χ2n) is 7.50. The van der Waals surface area contributed by atoms with Gasteiger partial charge < -0.3 is 15.0 Å². The van der Waals surface area contributed by atoms with Gasteiger partial charge in [-0.05, 0) is 64.7 Å². The van der Waals surface area contributed by atoms with E-state index in [1.807, 2.05) is 30.3 Å². The van der Waals surface area contributed by atoms with Crippen LogP contribution in [0.3, 0.4) is 0 Å². The van der Waals surface area contributed by atoms with Gasteiger partial charge in [0.2, 0.25) is 5.91 Å². The third-order valence-corrected chi connectivity index (χ3v) is 5.38. The van der Waals surface area contributed by atoms with Gasteiger partial charge in [-0.25, -0.2) is 0 Å². The molecule has 0 fully saturated rings. The van der Waals surface area contributed by atoms with Gasteiger partial charge >= 0.3 is 0 Å². The van der Waals surface area contributed by atoms with Crippen LogP contribution in [-0.2, 0) is 11.2 Å². The number of benzene rings is 2. The maximum Gasteiger partial charge on any atom is 0.255 e. The summed E-state index contributed by atoms with van der Waals surface area (Å²) in [5.41, 5.74) is 2.27. The number of rotatable bonds is 11. The van der Waals surface area contributed by atoms with Crippen molar-refractivity contribution in [2.75, 3.05) is 26.0 Å². The summed E-state index contributed by atoms with van der Waals surface area (Å²) in [7, 11) is 3.50. The highest BCUT2D eigenvalue weighted by molar-refractivity contribution is 9.10. The fraction of sp³-hybridized carbons (Fsp3) is 0.417. The molecule has 0 aliphatic heterocycles. The number of hydrogen-bond acceptors (Lipinski definition) is 3. The molecule has 0 atom stereocenters. The number of hydrogen-bond donors (Lipinski definition) is 1. The summed E-state index contributed by atoms with van der Waals surface area (Å²) in [4.78, 5) is 26.0. The number of aryl methyl sites for hydroxylation is 1. The number of carbonyl (C=O) groups excluding carboxylic acids is 2. The number of anilines is 1. The number of nitrogens with zero attached hydrogens (tertiary/aromatic N) is 1. The molecule has 0 aliphatic rings. The zero-order valence-electron chi connectivity index (χ0n) is 18.0. The Kier molecular flexibility index (Phi) is 9.87. The highest BCUT2D eigenvalue weighted by atomic mass is 79.9. The topological polar surface area (TPSA) is 58.6 Å². The van der Waals surface area contributed by atoms with Crippen LogP contribution in [0, 0.1) is 0 Å². The highest BCUT2D eigenvalue weighted by Gasteiger charge is 2.11. The smallest absolute Gasteiger partial charge is 0.255 e. The van der Waals surface area contributed by atoms with Gasteiger partial charge in [0.1, 0.15) is 5.75 Å². The molecule has 2 rings (SSSR count). The number of nitrogens with one attached hydrogen (secondary N) is 1. The Bertz CT molecular complexity index is 852. The molecule has 0 spiro atoms. The molecule has 0 bridgehead atoms. The predicted octanol–water partition coefficient (Wildman–Crippen LogP) is 5.68. The van der Waals surface area contributed by atoms with E-state index in [4.69, 9.17) is 4.74 Å². The Balaban J connectivity index is 1.93. The van der Waals surface area contributed by atoms with Gasteiger partial charge in [0, 0.05) is 31.8 Å². The van der Waals surface area contributed by atoms with Crippen LogP contribution in [0.4, 0.5) is 5.69 Å². The lowest BCUT2D eigenvalue weighted by Crippen LogP contribution is -2.21. The summed E-state index contributed by atoms with van der Waals surface area (Å²) in [6, 6.07) is 13.0. The van der Waals surface area contributed by atoms with E-state index in [-0.39, 0.29) is 11.8 Å². The molecule has 2 aromatic rings. The molecule has 0 radical (unpaired) electrons. The van der Waals surface area contributed by atoms with E-state index in [1.54, 1.807) is 31.1 Å². The molecule has 2 amide bonds. The van der Waals surface area contributed by atoms with Gasteiger partial charge in [0.15, 0.2) is 0 Å². The van der Waals surface area contributed by atoms with Crippen molar-refractivity contribution in [2.24, 2.45) is 0 Å². The molecule has 30 heavy (non-hydrogen) atoms. The lowest BCUT2D eigenvalue weighted by Gasteiger charge is -2.12. The van der Waals surface area contributed by atoms with E-state index in [0.29, 0.717) is 30.7 Å². The lowest BCUT2D eigenvalue weighted by molar-refractivity contribution is -0.128. The van der Waals surface area contributed by atoms with Crippen molar-refractivity contribution >= 4 is 33.4 Å². The number of ether oxygens (including phenoxy) is 1. The summed E-state index contributed by atoms with van der Waals surface area (Å²) in [6.07, 6.45) is 5.69. The SMILES string of the molecule is CCCCCCOc1ccc(C(=O)Nc2cccc(CCC(=O)N(C)C)c2)cc1Br. The van der Waals surface area contributed by atoms with Crippen molar-refractivity contribution in [1.82, 2.24) is 4.90 Å². The number of halogens is 1. The first-order valence-electron chi connectivity index (χ1n) is 10.4. The molecule has 0 aromatic heterocycles. The summed E-state index contributed by atoms with van der Waals surface area (Å²) < 4.78 is 6.57. The quantitative estimate of drug-likeness (QED) is 0.426. The predicted molar refractivity (Wildman–Crippen MR) is 125 cm³/mol. The number of carbonyl (C=O) groups is 2. The average molecular weight is 475 g/mol. The molecule has 0 unspecified atom stereocenters. The van der Waals surface area contributed by atoms with Crippen LogP contribution in [-0.4, -0.2) is 37.4 Å². The molecule has 0 heterocycles. The maximum atomic E-state index is 12.6. The van der Waals surface area contributed by atoms with Crippen molar-refractivity contribution in [3.05, 3.63) is 58.1 Å². The minimum absolute atomic E-state index is 0.0851. The van der Waals surface area contributed by atoms with Gasteiger partial charge in [0.25, 0.3) is 5.91 Å². The van der Waals surface area contributed by atoms with Crippen molar-refractivity contribution in [1.29, 1.82) is 0 Å². The van der Waals surface area contributed by atoms with Crippen LogP contribution in [0.1, 0.15) is 54.9 Å². The Labute approximate surface area is 187 Å². The zero-order chi connectivity index (χ0) is 21.9. The van der Waals surface area contributed by atoms with Crippen LogP contribution in [0.15, 0.2) is 46.9 Å². The van der Waals surface area contributed by atoms with Crippen molar-refractivity contribution < 1.29 is 14.3 Å². The van der Waals surface area contributed by atoms with E-state index in [1.165, 1.54) is 12.8 Å². The van der Waals surface area contributed by atoms with Crippen LogP contribution in [0.2, 0.25) is 0 Å². The van der Waals surface area contributed by atoms with E-state index in [0.717, 1.165) is 28.6 Å². The molecule has 1 N–H and O–H groups in total. The Morgan fingerprint density at radius 3 is 2.57 bits per heavy atom. The minimum atomic E-state index is -0.188. The summed E-state index contributed by atoms with van der Waals surface area (Å²) >= 11 is 3.50. The van der Waals surface area contributed by atoms with Crippen LogP contribution in [0.5, 0.6) is 5.75 Å². The molecular formula is C24H31BrN2O3. The third-order valence-electron chi connectivity index (χ3n) is 4.76. The summed E-state index contributed by atoms with van der Waals surface area (Å²) in [5, 5.41) is 2.93. The average Bonchev–Trinajstić information content (AvgIpc) is 2.73. The molecule has 0 saturated heterocycles. The van der Waals surface area contributed by atoms with Crippen LogP contribution >= 0.6 is 15.9 Å². The van der Waals surface area contributed by atoms with Gasteiger partial charge in [0.05, 0.1) is 11.1 Å². The van der Waals surface area contributed by atoms with Crippen molar-refractivity contribution in [3.8, 4) is 5.75 Å². The molecule has 162 valence electrons. The Hall–Kier alpha value is -2.34. The largest absolute Gasteiger partial charge is 0.492 e. The van der Waals surface area contributed by atoms with E-state index < -0.39 is 0 Å². The minimum Gasteiger partial charge on any atom is -0.492 e. The monoisotopic (exact) mass is 474 g/mol. The highest BCUT2D eigenvalue weighted by Crippen LogP contribution is 2.27. The van der Waals surface area contributed by atoms with Crippen LogP contribution in [0.25, 0.3) is 0 Å². The van der Waals surface area contributed by atoms with Crippen molar-refractivity contribution in [3.63, 3.8) is 0 Å². The van der Waals surface area contributed by atoms with E-state index in [2.05, 4.69) is 28.2 Å². The molecule has 0 saturated carbocycles. The molecular weight excluding hydrogens is 444 g/mol. The Morgan fingerprint density at radius 1 is 1.07 bits per heavy atom. The van der Waals surface area contributed by atoms with Gasteiger partial charge in [-0.3, -0.25) is 9.59 Å².